The molecule has 0 saturated carbocycles. The topological polar surface area (TPSA) is 46.5 Å². The molecule has 0 spiro atoms. The number of carboxylic acid groups (broad SMARTS) is 1. The van der Waals surface area contributed by atoms with Gasteiger partial charge in [-0.25, -0.2) is 4.79 Å². The monoisotopic (exact) mass is 278 g/mol. The van der Waals surface area contributed by atoms with Crippen LogP contribution in [0.3, 0.4) is 0 Å². The minimum atomic E-state index is -0.964. The Balaban J connectivity index is 2.53. The highest BCUT2D eigenvalue weighted by atomic mass is 127. The van der Waals surface area contributed by atoms with Gasteiger partial charge in [-0.15, -0.1) is 0 Å². The number of hydrogen-bond acceptors (Lipinski definition) is 2. The van der Waals surface area contributed by atoms with Crippen molar-refractivity contribution in [3.8, 4) is 5.75 Å². The lowest BCUT2D eigenvalue weighted by Gasteiger charge is -2.01. The van der Waals surface area contributed by atoms with E-state index in [0.717, 1.165) is 3.57 Å². The van der Waals surface area contributed by atoms with Gasteiger partial charge in [-0.1, -0.05) is 0 Å². The molecule has 0 fully saturated rings. The lowest BCUT2D eigenvalue weighted by Crippen LogP contribution is -2.09. The van der Waals surface area contributed by atoms with Crippen molar-refractivity contribution >= 4 is 28.6 Å². The predicted octanol–water partition coefficient (Wildman–Crippen LogP) is 1.75. The fourth-order valence-corrected chi connectivity index (χ4v) is 1.04. The zero-order chi connectivity index (χ0) is 8.97. The Kier molecular flexibility index (Phi) is 3.33. The van der Waals surface area contributed by atoms with Crippen molar-refractivity contribution in [2.45, 2.75) is 0 Å². The van der Waals surface area contributed by atoms with E-state index in [9.17, 15) is 4.79 Å². The van der Waals surface area contributed by atoms with Crippen LogP contribution in [0.4, 0.5) is 0 Å². The van der Waals surface area contributed by atoms with Gasteiger partial charge in [-0.05, 0) is 46.9 Å². The standard InChI is InChI=1S/C8H7IO3/c9-6-1-3-7(4-2-6)12-5-8(10)11/h1-4H,5H2,(H,10,11). The molecular formula is C8H7IO3. The second-order valence-electron chi connectivity index (χ2n) is 2.14. The molecule has 0 unspecified atom stereocenters. The number of benzene rings is 1. The van der Waals surface area contributed by atoms with Crippen molar-refractivity contribution in [3.05, 3.63) is 27.8 Å². The molecule has 0 bridgehead atoms. The number of hydrogen-bond donors (Lipinski definition) is 1. The molecule has 0 aromatic heterocycles. The molecule has 0 radical (unpaired) electrons. The summed E-state index contributed by atoms with van der Waals surface area (Å²) in [4.78, 5) is 10.1. The highest BCUT2D eigenvalue weighted by molar-refractivity contribution is 14.1. The molecule has 1 rings (SSSR count). The van der Waals surface area contributed by atoms with Crippen LogP contribution in [-0.4, -0.2) is 17.7 Å². The maximum absolute atomic E-state index is 10.1. The lowest BCUT2D eigenvalue weighted by atomic mass is 10.3. The number of carbonyl (C=O) groups is 1. The summed E-state index contributed by atoms with van der Waals surface area (Å²) >= 11 is 2.17. The zero-order valence-electron chi connectivity index (χ0n) is 6.16. The number of rotatable bonds is 3. The lowest BCUT2D eigenvalue weighted by molar-refractivity contribution is -0.139. The van der Waals surface area contributed by atoms with E-state index in [2.05, 4.69) is 22.6 Å². The van der Waals surface area contributed by atoms with E-state index in [0.29, 0.717) is 5.75 Å². The van der Waals surface area contributed by atoms with E-state index in [1.165, 1.54) is 0 Å². The number of aliphatic carboxylic acids is 1. The van der Waals surface area contributed by atoms with Crippen LogP contribution in [0.15, 0.2) is 24.3 Å². The van der Waals surface area contributed by atoms with Crippen molar-refractivity contribution < 1.29 is 14.6 Å². The Bertz CT molecular complexity index is 268. The third-order valence-electron chi connectivity index (χ3n) is 1.18. The fraction of sp³-hybridized carbons (Fsp3) is 0.125. The Morgan fingerprint density at radius 3 is 2.50 bits per heavy atom. The van der Waals surface area contributed by atoms with Gasteiger partial charge in [0.05, 0.1) is 0 Å². The fourth-order valence-electron chi connectivity index (χ4n) is 0.676. The Labute approximate surface area is 83.5 Å². The van der Waals surface area contributed by atoms with Crippen LogP contribution in [0.5, 0.6) is 5.75 Å². The second-order valence-corrected chi connectivity index (χ2v) is 3.38. The second kappa shape index (κ2) is 4.30. The minimum absolute atomic E-state index is 0.291. The molecule has 4 heteroatoms. The van der Waals surface area contributed by atoms with Gasteiger partial charge >= 0.3 is 5.97 Å². The molecule has 3 nitrogen and oxygen atoms in total. The van der Waals surface area contributed by atoms with Gasteiger partial charge in [0.2, 0.25) is 0 Å². The summed E-state index contributed by atoms with van der Waals surface area (Å²) in [6, 6.07) is 7.20. The summed E-state index contributed by atoms with van der Waals surface area (Å²) < 4.78 is 6.01. The summed E-state index contributed by atoms with van der Waals surface area (Å²) in [6.45, 7) is -0.291. The van der Waals surface area contributed by atoms with E-state index >= 15 is 0 Å². The molecule has 1 N–H and O–H groups in total. The first-order chi connectivity index (χ1) is 5.68. The van der Waals surface area contributed by atoms with Crippen LogP contribution in [-0.2, 0) is 4.79 Å². The third-order valence-corrected chi connectivity index (χ3v) is 1.90. The Morgan fingerprint density at radius 2 is 2.00 bits per heavy atom. The number of carboxylic acids is 1. The summed E-state index contributed by atoms with van der Waals surface area (Å²) in [5.74, 6) is -0.383. The van der Waals surface area contributed by atoms with Gasteiger partial charge in [-0.3, -0.25) is 0 Å². The zero-order valence-corrected chi connectivity index (χ0v) is 8.32. The van der Waals surface area contributed by atoms with Crippen molar-refractivity contribution in [2.24, 2.45) is 0 Å². The van der Waals surface area contributed by atoms with E-state index in [4.69, 9.17) is 9.84 Å². The van der Waals surface area contributed by atoms with Gasteiger partial charge in [-0.2, -0.15) is 0 Å². The third kappa shape index (κ3) is 3.08. The van der Waals surface area contributed by atoms with Crippen molar-refractivity contribution in [2.75, 3.05) is 6.61 Å². The van der Waals surface area contributed by atoms with Crippen LogP contribution >= 0.6 is 22.6 Å². The van der Waals surface area contributed by atoms with E-state index in [1.54, 1.807) is 12.1 Å². The molecule has 1 aromatic rings. The average Bonchev–Trinajstić information content (AvgIpc) is 2.03. The van der Waals surface area contributed by atoms with Crippen molar-refractivity contribution in [3.63, 3.8) is 0 Å². The SMILES string of the molecule is O=C(O)COc1ccc(I)cc1. The van der Waals surface area contributed by atoms with Gasteiger partial charge in [0.15, 0.2) is 6.61 Å². The highest BCUT2D eigenvalue weighted by Crippen LogP contribution is 2.12. The average molecular weight is 278 g/mol. The summed E-state index contributed by atoms with van der Waals surface area (Å²) in [7, 11) is 0. The van der Waals surface area contributed by atoms with E-state index < -0.39 is 5.97 Å². The molecule has 12 heavy (non-hydrogen) atoms. The maximum Gasteiger partial charge on any atom is 0.341 e. The van der Waals surface area contributed by atoms with Crippen LogP contribution in [0, 0.1) is 3.57 Å². The first kappa shape index (κ1) is 9.31. The van der Waals surface area contributed by atoms with Crippen LogP contribution in [0.2, 0.25) is 0 Å². The van der Waals surface area contributed by atoms with Gasteiger partial charge in [0.1, 0.15) is 5.75 Å². The molecular weight excluding hydrogens is 271 g/mol. The molecule has 0 amide bonds. The molecule has 0 saturated heterocycles. The van der Waals surface area contributed by atoms with Crippen LogP contribution in [0.25, 0.3) is 0 Å². The molecule has 0 aliphatic heterocycles. The molecule has 64 valence electrons. The summed E-state index contributed by atoms with van der Waals surface area (Å²) in [5, 5.41) is 8.30. The minimum Gasteiger partial charge on any atom is -0.482 e. The summed E-state index contributed by atoms with van der Waals surface area (Å²) in [5.41, 5.74) is 0. The molecule has 0 heterocycles. The first-order valence-electron chi connectivity index (χ1n) is 3.28. The van der Waals surface area contributed by atoms with Crippen molar-refractivity contribution in [1.29, 1.82) is 0 Å². The highest BCUT2D eigenvalue weighted by Gasteiger charge is 1.97. The van der Waals surface area contributed by atoms with Gasteiger partial charge < -0.3 is 9.84 Å². The smallest absolute Gasteiger partial charge is 0.341 e. The Morgan fingerprint density at radius 1 is 1.42 bits per heavy atom. The Hall–Kier alpha value is -0.780. The molecule has 1 aromatic carbocycles. The summed E-state index contributed by atoms with van der Waals surface area (Å²) in [6.07, 6.45) is 0. The van der Waals surface area contributed by atoms with Gasteiger partial charge in [0.25, 0.3) is 0 Å². The number of halogens is 1. The maximum atomic E-state index is 10.1. The molecule has 0 atom stereocenters. The normalized spacial score (nSPS) is 9.42. The first-order valence-corrected chi connectivity index (χ1v) is 4.36. The quantitative estimate of drug-likeness (QED) is 0.857. The molecule has 0 aliphatic rings. The largest absolute Gasteiger partial charge is 0.482 e. The predicted molar refractivity (Wildman–Crippen MR) is 52.3 cm³/mol. The van der Waals surface area contributed by atoms with E-state index in [1.807, 2.05) is 12.1 Å². The van der Waals surface area contributed by atoms with E-state index in [-0.39, 0.29) is 6.61 Å². The van der Waals surface area contributed by atoms with Crippen molar-refractivity contribution in [1.82, 2.24) is 0 Å². The van der Waals surface area contributed by atoms with Gasteiger partial charge in [0, 0.05) is 3.57 Å². The van der Waals surface area contributed by atoms with Crippen LogP contribution in [0.1, 0.15) is 0 Å². The molecule has 0 aliphatic carbocycles. The number of ether oxygens (including phenoxy) is 1. The van der Waals surface area contributed by atoms with Crippen LogP contribution < -0.4 is 4.74 Å².